The van der Waals surface area contributed by atoms with Crippen molar-refractivity contribution in [2.24, 2.45) is 0 Å². The van der Waals surface area contributed by atoms with Gasteiger partial charge in [-0.15, -0.1) is 0 Å². The predicted molar refractivity (Wildman–Crippen MR) is 59.2 cm³/mol. The molecule has 0 saturated carbocycles. The lowest BCUT2D eigenvalue weighted by molar-refractivity contribution is 0.111. The first-order valence-corrected chi connectivity index (χ1v) is 5.06. The molecule has 1 aromatic heterocycles. The maximum absolute atomic E-state index is 10.8. The van der Waals surface area contributed by atoms with E-state index in [4.69, 9.17) is 0 Å². The average molecular weight is 197 g/mol. The fourth-order valence-electron chi connectivity index (χ4n) is 2.33. The highest BCUT2D eigenvalue weighted by molar-refractivity contribution is 5.84. The van der Waals surface area contributed by atoms with E-state index in [0.717, 1.165) is 29.7 Å². The highest BCUT2D eigenvalue weighted by Crippen LogP contribution is 2.38. The number of hydrogen-bond acceptors (Lipinski definition) is 1. The third kappa shape index (κ3) is 1.02. The number of aromatic nitrogens is 1. The van der Waals surface area contributed by atoms with E-state index < -0.39 is 0 Å². The first-order valence-electron chi connectivity index (χ1n) is 5.06. The Balaban J connectivity index is 2.29. The van der Waals surface area contributed by atoms with Crippen LogP contribution in [0.25, 0.3) is 11.3 Å². The molecule has 0 amide bonds. The lowest BCUT2D eigenvalue weighted by Gasteiger charge is -1.98. The van der Waals surface area contributed by atoms with Crippen LogP contribution < -0.4 is 0 Å². The van der Waals surface area contributed by atoms with E-state index in [1.165, 1.54) is 16.7 Å². The molecule has 1 aliphatic carbocycles. The van der Waals surface area contributed by atoms with Crippen molar-refractivity contribution < 1.29 is 4.79 Å². The second-order valence-corrected chi connectivity index (χ2v) is 3.97. The van der Waals surface area contributed by atoms with E-state index in [9.17, 15) is 4.79 Å². The molecule has 0 atom stereocenters. The molecule has 0 spiro atoms. The molecule has 0 bridgehead atoms. The number of carbonyl (C=O) groups is 1. The van der Waals surface area contributed by atoms with Crippen molar-refractivity contribution in [2.45, 2.75) is 13.3 Å². The van der Waals surface area contributed by atoms with Gasteiger partial charge in [0.2, 0.25) is 0 Å². The molecule has 2 aromatic rings. The Labute approximate surface area is 87.9 Å². The fraction of sp³-hybridized carbons (Fsp3) is 0.154. The lowest BCUT2D eigenvalue weighted by atomic mass is 10.1. The van der Waals surface area contributed by atoms with Gasteiger partial charge in [-0.25, -0.2) is 0 Å². The van der Waals surface area contributed by atoms with Crippen LogP contribution in [0.15, 0.2) is 24.3 Å². The largest absolute Gasteiger partial charge is 0.352 e. The van der Waals surface area contributed by atoms with Crippen molar-refractivity contribution in [1.29, 1.82) is 0 Å². The van der Waals surface area contributed by atoms with E-state index in [1.807, 2.05) is 13.0 Å². The highest BCUT2D eigenvalue weighted by atomic mass is 16.1. The quantitative estimate of drug-likeness (QED) is 0.598. The van der Waals surface area contributed by atoms with Gasteiger partial charge in [0.15, 0.2) is 6.29 Å². The van der Waals surface area contributed by atoms with Crippen LogP contribution in [0.1, 0.15) is 27.2 Å². The van der Waals surface area contributed by atoms with Crippen LogP contribution in [-0.2, 0) is 6.42 Å². The van der Waals surface area contributed by atoms with Crippen molar-refractivity contribution in [3.8, 4) is 11.3 Å². The minimum Gasteiger partial charge on any atom is -0.352 e. The maximum Gasteiger partial charge on any atom is 0.166 e. The summed E-state index contributed by atoms with van der Waals surface area (Å²) in [4.78, 5) is 14.0. The van der Waals surface area contributed by atoms with E-state index in [0.29, 0.717) is 0 Å². The van der Waals surface area contributed by atoms with Crippen molar-refractivity contribution in [3.05, 3.63) is 46.6 Å². The number of rotatable bonds is 1. The van der Waals surface area contributed by atoms with E-state index >= 15 is 0 Å². The molecule has 3 rings (SSSR count). The topological polar surface area (TPSA) is 32.9 Å². The zero-order valence-electron chi connectivity index (χ0n) is 8.50. The van der Waals surface area contributed by atoms with Crippen molar-refractivity contribution in [3.63, 3.8) is 0 Å². The molecule has 74 valence electrons. The van der Waals surface area contributed by atoms with Crippen LogP contribution >= 0.6 is 0 Å². The number of H-pyrrole nitrogens is 1. The molecule has 0 unspecified atom stereocenters. The molecule has 0 aliphatic heterocycles. The Morgan fingerprint density at radius 3 is 2.93 bits per heavy atom. The third-order valence-corrected chi connectivity index (χ3v) is 3.19. The molecule has 0 fully saturated rings. The second kappa shape index (κ2) is 2.83. The first-order chi connectivity index (χ1) is 7.31. The van der Waals surface area contributed by atoms with Gasteiger partial charge >= 0.3 is 0 Å². The van der Waals surface area contributed by atoms with Crippen LogP contribution in [-0.4, -0.2) is 11.3 Å². The van der Waals surface area contributed by atoms with Gasteiger partial charge in [0.1, 0.15) is 0 Å². The van der Waals surface area contributed by atoms with Gasteiger partial charge in [0.05, 0.1) is 11.4 Å². The Morgan fingerprint density at radius 1 is 1.33 bits per heavy atom. The van der Waals surface area contributed by atoms with Crippen LogP contribution in [0.2, 0.25) is 0 Å². The van der Waals surface area contributed by atoms with Gasteiger partial charge in [0, 0.05) is 12.0 Å². The number of aromatic amines is 1. The molecule has 1 N–H and O–H groups in total. The van der Waals surface area contributed by atoms with Crippen molar-refractivity contribution >= 4 is 6.29 Å². The van der Waals surface area contributed by atoms with Crippen LogP contribution in [0.4, 0.5) is 0 Å². The van der Waals surface area contributed by atoms with Gasteiger partial charge < -0.3 is 4.98 Å². The number of hydrogen-bond donors (Lipinski definition) is 1. The van der Waals surface area contributed by atoms with E-state index in [1.54, 1.807) is 0 Å². The average Bonchev–Trinajstić information content (AvgIpc) is 2.76. The lowest BCUT2D eigenvalue weighted by Crippen LogP contribution is -1.87. The van der Waals surface area contributed by atoms with Gasteiger partial charge in [-0.3, -0.25) is 4.79 Å². The summed E-state index contributed by atoms with van der Waals surface area (Å²) in [7, 11) is 0. The summed E-state index contributed by atoms with van der Waals surface area (Å²) in [6.45, 7) is 2.00. The smallest absolute Gasteiger partial charge is 0.166 e. The summed E-state index contributed by atoms with van der Waals surface area (Å²) in [5.41, 5.74) is 6.80. The van der Waals surface area contributed by atoms with Crippen molar-refractivity contribution in [2.75, 3.05) is 0 Å². The molecule has 2 heteroatoms. The van der Waals surface area contributed by atoms with Gasteiger partial charge in [-0.1, -0.05) is 24.3 Å². The van der Waals surface area contributed by atoms with Crippen LogP contribution in [0.3, 0.4) is 0 Å². The number of carbonyl (C=O) groups excluding carboxylic acids is 1. The fourth-order valence-corrected chi connectivity index (χ4v) is 2.33. The Kier molecular flexibility index (Phi) is 1.60. The summed E-state index contributed by atoms with van der Waals surface area (Å²) in [6, 6.07) is 8.33. The minimum absolute atomic E-state index is 0.717. The van der Waals surface area contributed by atoms with Crippen LogP contribution in [0, 0.1) is 6.92 Å². The van der Waals surface area contributed by atoms with E-state index in [2.05, 4.69) is 23.2 Å². The van der Waals surface area contributed by atoms with Crippen LogP contribution in [0.5, 0.6) is 0 Å². The molecular formula is C13H11NO. The molecule has 0 radical (unpaired) electrons. The second-order valence-electron chi connectivity index (χ2n) is 3.97. The predicted octanol–water partition coefficient (Wildman–Crippen LogP) is 2.71. The van der Waals surface area contributed by atoms with E-state index in [-0.39, 0.29) is 0 Å². The number of fused-ring (bicyclic) bond motifs is 3. The summed E-state index contributed by atoms with van der Waals surface area (Å²) >= 11 is 0. The molecule has 1 aromatic carbocycles. The molecule has 1 aliphatic rings. The number of benzene rings is 1. The summed E-state index contributed by atoms with van der Waals surface area (Å²) < 4.78 is 0. The Bertz CT molecular complexity index is 552. The minimum atomic E-state index is 0.717. The van der Waals surface area contributed by atoms with Crippen molar-refractivity contribution in [1.82, 2.24) is 4.98 Å². The highest BCUT2D eigenvalue weighted by Gasteiger charge is 2.23. The monoisotopic (exact) mass is 197 g/mol. The summed E-state index contributed by atoms with van der Waals surface area (Å²) in [5.74, 6) is 0. The maximum atomic E-state index is 10.8. The SMILES string of the molecule is Cc1c(C=O)[nH]c2c1Cc1ccccc1-2. The zero-order valence-corrected chi connectivity index (χ0v) is 8.50. The Morgan fingerprint density at radius 2 is 2.13 bits per heavy atom. The normalized spacial score (nSPS) is 12.3. The summed E-state index contributed by atoms with van der Waals surface area (Å²) in [6.07, 6.45) is 1.85. The molecular weight excluding hydrogens is 186 g/mol. The number of aldehydes is 1. The molecule has 1 heterocycles. The summed E-state index contributed by atoms with van der Waals surface area (Å²) in [5, 5.41) is 0. The van der Waals surface area contributed by atoms with Gasteiger partial charge in [-0.05, 0) is 23.6 Å². The van der Waals surface area contributed by atoms with Gasteiger partial charge in [0.25, 0.3) is 0 Å². The zero-order chi connectivity index (χ0) is 10.4. The Hall–Kier alpha value is -1.83. The molecule has 0 saturated heterocycles. The standard InChI is InChI=1S/C13H11NO/c1-8-11-6-9-4-2-3-5-10(9)13(11)14-12(8)7-15/h2-5,7,14H,6H2,1H3. The molecule has 2 nitrogen and oxygen atoms in total. The van der Waals surface area contributed by atoms with Gasteiger partial charge in [-0.2, -0.15) is 0 Å². The number of nitrogens with one attached hydrogen (secondary N) is 1. The third-order valence-electron chi connectivity index (χ3n) is 3.19. The first kappa shape index (κ1) is 8.48. The molecule has 15 heavy (non-hydrogen) atoms.